The molecule has 0 heterocycles. The van der Waals surface area contributed by atoms with Crippen molar-refractivity contribution in [3.05, 3.63) is 0 Å². The maximum Gasteiger partial charge on any atom is -0.0216 e. The minimum absolute atomic E-state index is 0.147. The van der Waals surface area contributed by atoms with Gasteiger partial charge in [0.2, 0.25) is 0 Å². The van der Waals surface area contributed by atoms with Crippen molar-refractivity contribution < 1.29 is 0 Å². The van der Waals surface area contributed by atoms with Gasteiger partial charge in [-0.1, -0.05) is 0 Å². The lowest BCUT2D eigenvalue weighted by atomic mass is 28.8. The summed E-state index contributed by atoms with van der Waals surface area (Å²) >= 11 is 0. The van der Waals surface area contributed by atoms with Gasteiger partial charge in [-0.3, -0.25) is 0 Å². The van der Waals surface area contributed by atoms with Crippen molar-refractivity contribution in [2.24, 2.45) is 0 Å². The quantitative estimate of drug-likeness (QED) is 0.650. The van der Waals surface area contributed by atoms with Crippen LogP contribution in [0.5, 0.6) is 0 Å². The topological polar surface area (TPSA) is 0 Å². The van der Waals surface area contributed by atoms with Crippen LogP contribution in [0.25, 0.3) is 0 Å². The van der Waals surface area contributed by atoms with E-state index in [2.05, 4.69) is 44.6 Å². The molecule has 0 spiro atoms. The Labute approximate surface area is 65.8 Å². The van der Waals surface area contributed by atoms with Gasteiger partial charge in [-0.25, -0.2) is 0 Å². The second-order valence-corrected chi connectivity index (χ2v) is 29.2. The van der Waals surface area contributed by atoms with E-state index in [0.717, 1.165) is 0 Å². The Morgan fingerprint density at radius 3 is 0.875 bits per heavy atom. The predicted molar refractivity (Wildman–Crippen MR) is 69.3 cm³/mol. The molecule has 0 aromatic carbocycles. The highest BCUT2D eigenvalue weighted by Crippen LogP contribution is 3.00. The maximum absolute atomic E-state index is 2.93. The van der Waals surface area contributed by atoms with Crippen LogP contribution in [0.3, 0.4) is 0 Å². The van der Waals surface area contributed by atoms with E-state index in [-0.39, 0.29) is 21.0 Å². The summed E-state index contributed by atoms with van der Waals surface area (Å²) in [7, 11) is 14.4. The van der Waals surface area contributed by atoms with Crippen LogP contribution in [0.1, 0.15) is 0 Å². The molecule has 0 N–H and O–H groups in total. The zero-order valence-electron chi connectivity index (χ0n) is 4.23. The molecule has 0 saturated carbocycles. The fourth-order valence-corrected chi connectivity index (χ4v) is 29.0. The largest absolute Gasteiger partial charge is 0.102 e. The second-order valence-electron chi connectivity index (χ2n) is 1.08. The Kier molecular flexibility index (Phi) is 8.60. The summed E-state index contributed by atoms with van der Waals surface area (Å²) in [6, 6.07) is 0. The van der Waals surface area contributed by atoms with Crippen molar-refractivity contribution in [2.45, 2.75) is 0 Å². The van der Waals surface area contributed by atoms with Crippen molar-refractivity contribution in [1.82, 2.24) is 0 Å². The molecule has 0 nitrogen and oxygen atoms in total. The van der Waals surface area contributed by atoms with Gasteiger partial charge in [0.25, 0.3) is 0 Å². The van der Waals surface area contributed by atoms with Crippen molar-refractivity contribution in [2.75, 3.05) is 0 Å². The van der Waals surface area contributed by atoms with Crippen molar-refractivity contribution in [3.8, 4) is 0 Å². The lowest BCUT2D eigenvalue weighted by Crippen LogP contribution is -1.27. The van der Waals surface area contributed by atoms with E-state index in [4.69, 9.17) is 0 Å². The minimum Gasteiger partial charge on any atom is -0.102 e. The molecule has 0 aliphatic rings. The zero-order chi connectivity index (χ0) is 6.73. The van der Waals surface area contributed by atoms with Crippen LogP contribution in [-0.2, 0) is 0 Å². The summed E-state index contributed by atoms with van der Waals surface area (Å²) in [5.74, 6) is 0. The number of hydrogen-bond donors (Lipinski definition) is 0. The van der Waals surface area contributed by atoms with Gasteiger partial charge in [-0.15, -0.1) is 44.6 Å². The second kappa shape index (κ2) is 6.01. The molecule has 0 fully saturated rings. The molecule has 5 atom stereocenters. The van der Waals surface area contributed by atoms with Crippen LogP contribution in [0, 0.1) is 0 Å². The molecule has 0 amide bonds. The molecular weight excluding hydrogens is 248 g/mol. The van der Waals surface area contributed by atoms with Gasteiger partial charge in [0, 0.05) is 0 Å². The Balaban J connectivity index is 3.46. The normalized spacial score (nSPS) is 12.0. The van der Waals surface area contributed by atoms with E-state index in [9.17, 15) is 0 Å². The highest BCUT2D eigenvalue weighted by molar-refractivity contribution is 9.06. The van der Waals surface area contributed by atoms with Crippen LogP contribution in [-0.4, -0.2) is 0 Å². The summed E-state index contributed by atoms with van der Waals surface area (Å²) < 4.78 is 0. The fourth-order valence-electron chi connectivity index (χ4n) is 0.119. The van der Waals surface area contributed by atoms with Crippen molar-refractivity contribution in [1.29, 1.82) is 0 Å². The Hall–Kier alpha value is 3.44. The van der Waals surface area contributed by atoms with E-state index in [0.29, 0.717) is 0 Å². The summed E-state index contributed by atoms with van der Waals surface area (Å²) in [6.45, 7) is 0.494. The summed E-state index contributed by atoms with van der Waals surface area (Å²) in [5, 5.41) is 0. The van der Waals surface area contributed by atoms with E-state index < -0.39 is 0 Å². The first kappa shape index (κ1) is 11.4. The van der Waals surface area contributed by atoms with Crippen LogP contribution < -0.4 is 0 Å². The monoisotopic (exact) mass is 258 g/mol. The summed E-state index contributed by atoms with van der Waals surface area (Å²) in [6.07, 6.45) is 0. The zero-order valence-corrected chi connectivity index (χ0v) is 12.7. The van der Waals surface area contributed by atoms with Gasteiger partial charge in [-0.2, -0.15) is 0 Å². The Morgan fingerprint density at radius 1 is 0.625 bits per heavy atom. The Morgan fingerprint density at radius 2 is 0.875 bits per heavy atom. The molecule has 8 heavy (non-hydrogen) atoms. The molecule has 0 bridgehead atoms. The maximum atomic E-state index is 2.93. The molecule has 0 radical (unpaired) electrons. The smallest absolute Gasteiger partial charge is 0.0216 e. The lowest BCUT2D eigenvalue weighted by Gasteiger charge is -2.18. The summed E-state index contributed by atoms with van der Waals surface area (Å²) in [5.41, 5.74) is 0. The molecule has 0 saturated heterocycles. The molecule has 0 aromatic rings. The van der Waals surface area contributed by atoms with Crippen LogP contribution >= 0.6 is 65.6 Å². The standard InChI is InChI=1S/H10P8/c1-6(2)8(5)7(3)4/h1-5H2. The lowest BCUT2D eigenvalue weighted by molar-refractivity contribution is 4.79. The average molecular weight is 258 g/mol. The van der Waals surface area contributed by atoms with Crippen molar-refractivity contribution in [3.63, 3.8) is 0 Å². The average Bonchev–Trinajstić information content (AvgIpc) is 1.64. The molecule has 50 valence electrons. The first-order valence-corrected chi connectivity index (χ1v) is 15.2. The minimum atomic E-state index is 0.147. The molecule has 0 aliphatic carbocycles. The molecule has 0 rings (SSSR count). The molecule has 0 aromatic heterocycles. The van der Waals surface area contributed by atoms with Gasteiger partial charge in [0.1, 0.15) is 0 Å². The van der Waals surface area contributed by atoms with E-state index >= 15 is 0 Å². The van der Waals surface area contributed by atoms with E-state index in [1.54, 1.807) is 0 Å². The first-order valence-electron chi connectivity index (χ1n) is 1.69. The fraction of sp³-hybridized carbons (Fsp3) is 0. The Bertz CT molecular complexity index is 45.1. The van der Waals surface area contributed by atoms with Gasteiger partial charge < -0.3 is 0 Å². The first-order chi connectivity index (χ1) is 3.55. The molecule has 0 aliphatic heterocycles. The van der Waals surface area contributed by atoms with E-state index in [1.165, 1.54) is 0 Å². The highest BCUT2D eigenvalue weighted by Gasteiger charge is 2.09. The third-order valence-electron chi connectivity index (χ3n) is 0.473. The third kappa shape index (κ3) is 5.14. The number of rotatable bonds is 2. The van der Waals surface area contributed by atoms with Gasteiger partial charge in [0.15, 0.2) is 0 Å². The van der Waals surface area contributed by atoms with Gasteiger partial charge in [0.05, 0.1) is 0 Å². The van der Waals surface area contributed by atoms with Crippen molar-refractivity contribution >= 4 is 65.6 Å². The third-order valence-corrected chi connectivity index (χ3v) is 38.3. The SMILES string of the molecule is PP(P)P(P)P(P)P. The predicted octanol–water partition coefficient (Wildman–Crippen LogP) is 4.21. The number of hydrogen-bond acceptors (Lipinski definition) is 0. The van der Waals surface area contributed by atoms with Gasteiger partial charge in [-0.05, 0) is 21.0 Å². The molecular formula is H10P8. The highest BCUT2D eigenvalue weighted by atomic mass is 33.1. The molecule has 5 unspecified atom stereocenters. The van der Waals surface area contributed by atoms with Crippen LogP contribution in [0.15, 0.2) is 0 Å². The summed E-state index contributed by atoms with van der Waals surface area (Å²) in [4.78, 5) is 0. The van der Waals surface area contributed by atoms with Crippen LogP contribution in [0.2, 0.25) is 0 Å². The van der Waals surface area contributed by atoms with Crippen LogP contribution in [0.4, 0.5) is 0 Å². The molecule has 8 heteroatoms. The van der Waals surface area contributed by atoms with E-state index in [1.807, 2.05) is 0 Å². The van der Waals surface area contributed by atoms with Gasteiger partial charge >= 0.3 is 0 Å².